The number of nitrogens with one attached hydrogen (secondary N) is 1. The van der Waals surface area contributed by atoms with Crippen LogP contribution in [0.2, 0.25) is 0 Å². The second-order valence-corrected chi connectivity index (χ2v) is 3.74. The molecule has 16 heavy (non-hydrogen) atoms. The first kappa shape index (κ1) is 12.4. The summed E-state index contributed by atoms with van der Waals surface area (Å²) in [5.41, 5.74) is 5.86. The average Bonchev–Trinajstić information content (AvgIpc) is 2.27. The van der Waals surface area contributed by atoms with Crippen molar-refractivity contribution in [1.29, 1.82) is 5.41 Å². The zero-order valence-corrected chi connectivity index (χ0v) is 9.58. The largest absolute Gasteiger partial charge is 0.461 e. The quantitative estimate of drug-likeness (QED) is 0.458. The first-order valence-corrected chi connectivity index (χ1v) is 5.57. The summed E-state index contributed by atoms with van der Waals surface area (Å²) in [7, 11) is 0. The molecule has 86 valence electrons. The van der Waals surface area contributed by atoms with E-state index in [9.17, 15) is 4.79 Å². The molecule has 1 rings (SSSR count). The predicted octanol–water partition coefficient (Wildman–Crippen LogP) is 0.780. The maximum absolute atomic E-state index is 11.5. The summed E-state index contributed by atoms with van der Waals surface area (Å²) in [6, 6.07) is 0. The topological polar surface area (TPSA) is 102 Å². The van der Waals surface area contributed by atoms with Crippen LogP contribution in [-0.2, 0) is 10.5 Å². The van der Waals surface area contributed by atoms with Gasteiger partial charge in [0.05, 0.1) is 12.3 Å². The van der Waals surface area contributed by atoms with Crippen LogP contribution in [0.4, 0.5) is 0 Å². The van der Waals surface area contributed by atoms with Crippen LogP contribution in [0, 0.1) is 5.41 Å². The maximum Gasteiger partial charge on any atom is 0.358 e. The van der Waals surface area contributed by atoms with Crippen molar-refractivity contribution in [2.75, 3.05) is 6.61 Å². The molecule has 6 nitrogen and oxygen atoms in total. The molecule has 0 aliphatic heterocycles. The van der Waals surface area contributed by atoms with Crippen molar-refractivity contribution in [3.63, 3.8) is 0 Å². The lowest BCUT2D eigenvalue weighted by Gasteiger charge is -2.05. The number of esters is 1. The van der Waals surface area contributed by atoms with Crippen LogP contribution in [0.3, 0.4) is 0 Å². The van der Waals surface area contributed by atoms with Crippen molar-refractivity contribution in [2.45, 2.75) is 12.7 Å². The summed E-state index contributed by atoms with van der Waals surface area (Å²) in [4.78, 5) is 19.4. The van der Waals surface area contributed by atoms with Crippen molar-refractivity contribution < 1.29 is 9.53 Å². The number of aromatic nitrogens is 2. The zero-order valence-electron chi connectivity index (χ0n) is 8.77. The van der Waals surface area contributed by atoms with Crippen molar-refractivity contribution >= 4 is 22.9 Å². The number of rotatable bonds is 4. The third-order valence-electron chi connectivity index (χ3n) is 1.61. The van der Waals surface area contributed by atoms with Gasteiger partial charge in [0.15, 0.2) is 10.9 Å². The van der Waals surface area contributed by atoms with E-state index in [-0.39, 0.29) is 17.5 Å². The number of hydrogen-bond donors (Lipinski definition) is 2. The number of nitrogens with two attached hydrogens (primary N) is 1. The predicted molar refractivity (Wildman–Crippen MR) is 61.2 cm³/mol. The number of nitrogens with zero attached hydrogens (tertiary/aromatic N) is 2. The van der Waals surface area contributed by atoms with Gasteiger partial charge in [-0.1, -0.05) is 11.8 Å². The van der Waals surface area contributed by atoms with E-state index in [2.05, 4.69) is 9.97 Å². The van der Waals surface area contributed by atoms with E-state index >= 15 is 0 Å². The highest BCUT2D eigenvalue weighted by Crippen LogP contribution is 2.12. The standard InChI is InChI=1S/C9H12N4O2S/c1-2-15-8(14)7-6(5-16-9(10)11)12-3-4-13-7/h3-4H,2,5H2,1H3,(H3,10,11). The van der Waals surface area contributed by atoms with E-state index in [1.165, 1.54) is 12.4 Å². The highest BCUT2D eigenvalue weighted by Gasteiger charge is 2.15. The number of thioether (sulfide) groups is 1. The van der Waals surface area contributed by atoms with Gasteiger partial charge in [0.25, 0.3) is 0 Å². The smallest absolute Gasteiger partial charge is 0.358 e. The third kappa shape index (κ3) is 3.50. The Morgan fingerprint density at radius 1 is 1.56 bits per heavy atom. The highest BCUT2D eigenvalue weighted by molar-refractivity contribution is 8.13. The van der Waals surface area contributed by atoms with Crippen LogP contribution in [0.1, 0.15) is 23.1 Å². The molecule has 0 aromatic carbocycles. The molecule has 0 unspecified atom stereocenters. The van der Waals surface area contributed by atoms with Gasteiger partial charge in [-0.2, -0.15) is 0 Å². The number of carbonyl (C=O) groups is 1. The van der Waals surface area contributed by atoms with Gasteiger partial charge in [-0.15, -0.1) is 0 Å². The first-order valence-electron chi connectivity index (χ1n) is 4.59. The Balaban J connectivity index is 2.82. The van der Waals surface area contributed by atoms with Gasteiger partial charge in [-0.25, -0.2) is 9.78 Å². The second kappa shape index (κ2) is 6.06. The minimum atomic E-state index is -0.505. The Hall–Kier alpha value is -1.63. The van der Waals surface area contributed by atoms with E-state index in [0.717, 1.165) is 11.8 Å². The van der Waals surface area contributed by atoms with Gasteiger partial charge in [-0.3, -0.25) is 10.4 Å². The van der Waals surface area contributed by atoms with Gasteiger partial charge in [0.1, 0.15) is 0 Å². The van der Waals surface area contributed by atoms with E-state index in [1.54, 1.807) is 6.92 Å². The maximum atomic E-state index is 11.5. The van der Waals surface area contributed by atoms with Crippen molar-refractivity contribution in [2.24, 2.45) is 5.73 Å². The number of carbonyl (C=O) groups excluding carboxylic acids is 1. The van der Waals surface area contributed by atoms with Crippen molar-refractivity contribution in [1.82, 2.24) is 9.97 Å². The zero-order chi connectivity index (χ0) is 12.0. The molecule has 0 amide bonds. The Kier molecular flexibility index (Phi) is 4.71. The Morgan fingerprint density at radius 3 is 2.88 bits per heavy atom. The van der Waals surface area contributed by atoms with Crippen LogP contribution < -0.4 is 5.73 Å². The van der Waals surface area contributed by atoms with Crippen LogP contribution in [-0.4, -0.2) is 27.7 Å². The summed E-state index contributed by atoms with van der Waals surface area (Å²) < 4.78 is 4.84. The van der Waals surface area contributed by atoms with Gasteiger partial charge >= 0.3 is 5.97 Å². The molecular weight excluding hydrogens is 228 g/mol. The summed E-state index contributed by atoms with van der Waals surface area (Å²) in [6.45, 7) is 2.01. The monoisotopic (exact) mass is 240 g/mol. The Morgan fingerprint density at radius 2 is 2.25 bits per heavy atom. The number of ether oxygens (including phenoxy) is 1. The molecule has 0 bridgehead atoms. The second-order valence-electron chi connectivity index (χ2n) is 2.73. The van der Waals surface area contributed by atoms with E-state index in [4.69, 9.17) is 15.9 Å². The molecule has 1 aromatic rings. The third-order valence-corrected chi connectivity index (χ3v) is 2.34. The molecule has 0 aliphatic carbocycles. The first-order chi connectivity index (χ1) is 7.65. The fraction of sp³-hybridized carbons (Fsp3) is 0.333. The van der Waals surface area contributed by atoms with E-state index in [1.807, 2.05) is 0 Å². The summed E-state index contributed by atoms with van der Waals surface area (Å²) in [5.74, 6) is -0.174. The number of hydrogen-bond acceptors (Lipinski definition) is 6. The van der Waals surface area contributed by atoms with Crippen LogP contribution >= 0.6 is 11.8 Å². The highest BCUT2D eigenvalue weighted by atomic mass is 32.2. The molecule has 1 aromatic heterocycles. The lowest BCUT2D eigenvalue weighted by molar-refractivity contribution is 0.0517. The van der Waals surface area contributed by atoms with Gasteiger partial charge in [0.2, 0.25) is 0 Å². The minimum absolute atomic E-state index is 0.0274. The lowest BCUT2D eigenvalue weighted by atomic mass is 10.3. The number of amidine groups is 1. The van der Waals surface area contributed by atoms with Crippen molar-refractivity contribution in [3.05, 3.63) is 23.8 Å². The fourth-order valence-electron chi connectivity index (χ4n) is 0.989. The Bertz CT molecular complexity index is 397. The molecule has 0 saturated heterocycles. The van der Waals surface area contributed by atoms with E-state index in [0.29, 0.717) is 11.4 Å². The molecule has 0 radical (unpaired) electrons. The molecule has 3 N–H and O–H groups in total. The minimum Gasteiger partial charge on any atom is -0.461 e. The van der Waals surface area contributed by atoms with Crippen LogP contribution in [0.15, 0.2) is 12.4 Å². The normalized spacial score (nSPS) is 9.81. The SMILES string of the molecule is CCOC(=O)c1nccnc1CSC(=N)N. The molecular formula is C9H12N4O2S. The summed E-state index contributed by atoms with van der Waals surface area (Å²) >= 11 is 1.08. The molecule has 0 aliphatic rings. The summed E-state index contributed by atoms with van der Waals surface area (Å²) in [5, 5.41) is 7.05. The lowest BCUT2D eigenvalue weighted by Crippen LogP contribution is -2.12. The molecule has 7 heteroatoms. The molecule has 0 atom stereocenters. The summed E-state index contributed by atoms with van der Waals surface area (Å²) in [6.07, 6.45) is 2.91. The van der Waals surface area contributed by atoms with Gasteiger partial charge in [0, 0.05) is 18.1 Å². The molecule has 1 heterocycles. The van der Waals surface area contributed by atoms with Gasteiger partial charge in [-0.05, 0) is 6.92 Å². The van der Waals surface area contributed by atoms with Crippen LogP contribution in [0.25, 0.3) is 0 Å². The Labute approximate surface area is 97.1 Å². The average molecular weight is 240 g/mol. The van der Waals surface area contributed by atoms with Crippen LogP contribution in [0.5, 0.6) is 0 Å². The molecule has 0 saturated carbocycles. The molecule has 0 fully saturated rings. The fourth-order valence-corrected chi connectivity index (χ4v) is 1.49. The van der Waals surface area contributed by atoms with Crippen molar-refractivity contribution in [3.8, 4) is 0 Å². The van der Waals surface area contributed by atoms with Gasteiger partial charge < -0.3 is 10.5 Å². The van der Waals surface area contributed by atoms with E-state index < -0.39 is 5.97 Å². The molecule has 0 spiro atoms.